The largest absolute Gasteiger partial charge is 0.490 e. The Bertz CT molecular complexity index is 375. The number of hydrogen-bond acceptors (Lipinski definition) is 2. The van der Waals surface area contributed by atoms with Gasteiger partial charge >= 0.3 is 0 Å². The molecule has 0 atom stereocenters. The van der Waals surface area contributed by atoms with Gasteiger partial charge in [0.05, 0.1) is 11.8 Å². The number of aromatic nitrogens is 1. The van der Waals surface area contributed by atoms with Gasteiger partial charge in [-0.15, -0.1) is 0 Å². The Morgan fingerprint density at radius 1 is 1.38 bits per heavy atom. The minimum atomic E-state index is 0.0915. The molecule has 0 radical (unpaired) electrons. The lowest BCUT2D eigenvalue weighted by molar-refractivity contribution is 0.298. The van der Waals surface area contributed by atoms with Gasteiger partial charge in [-0.05, 0) is 25.3 Å². The smallest absolute Gasteiger partial charge is 0.126 e. The van der Waals surface area contributed by atoms with Crippen LogP contribution in [0.4, 0.5) is 0 Å². The molecule has 1 fully saturated rings. The molecule has 0 spiro atoms. The highest BCUT2D eigenvalue weighted by atomic mass is 16.5. The monoisotopic (exact) mass is 219 g/mol. The summed E-state index contributed by atoms with van der Waals surface area (Å²) in [5.41, 5.74) is 2.55. The summed E-state index contributed by atoms with van der Waals surface area (Å²) in [7, 11) is 0. The first kappa shape index (κ1) is 11.4. The Morgan fingerprint density at radius 2 is 2.06 bits per heavy atom. The molecule has 1 heterocycles. The molecule has 2 nitrogen and oxygen atoms in total. The van der Waals surface area contributed by atoms with Crippen molar-refractivity contribution >= 4 is 0 Å². The molecule has 2 heteroatoms. The fourth-order valence-electron chi connectivity index (χ4n) is 1.94. The average molecular weight is 219 g/mol. The van der Waals surface area contributed by atoms with Crippen LogP contribution < -0.4 is 4.74 Å². The Morgan fingerprint density at radius 3 is 2.56 bits per heavy atom. The third kappa shape index (κ3) is 2.37. The zero-order chi connectivity index (χ0) is 11.8. The Kier molecular flexibility index (Phi) is 2.92. The summed E-state index contributed by atoms with van der Waals surface area (Å²) in [6.07, 6.45) is 5.73. The maximum atomic E-state index is 5.94. The van der Waals surface area contributed by atoms with Gasteiger partial charge in [0.1, 0.15) is 5.75 Å². The summed E-state index contributed by atoms with van der Waals surface area (Å²) >= 11 is 0. The highest BCUT2D eigenvalue weighted by Crippen LogP contribution is 2.34. The van der Waals surface area contributed by atoms with Gasteiger partial charge in [-0.2, -0.15) is 0 Å². The van der Waals surface area contributed by atoms with Crippen LogP contribution in [0.15, 0.2) is 12.3 Å². The highest BCUT2D eigenvalue weighted by molar-refractivity contribution is 5.39. The molecular formula is C14H21NO. The molecule has 0 bridgehead atoms. The van der Waals surface area contributed by atoms with E-state index < -0.39 is 0 Å². The standard InChI is InChI=1S/C14H21NO/c1-5-11-12(16-10-6-7-10)8-9-15-13(11)14(2,3)4/h8-10H,5-7H2,1-4H3. The molecule has 0 amide bonds. The quantitative estimate of drug-likeness (QED) is 0.776. The van der Waals surface area contributed by atoms with E-state index in [1.54, 1.807) is 0 Å². The van der Waals surface area contributed by atoms with Crippen LogP contribution in [0.3, 0.4) is 0 Å². The van der Waals surface area contributed by atoms with Crippen LogP contribution in [0.1, 0.15) is 51.8 Å². The zero-order valence-electron chi connectivity index (χ0n) is 10.7. The van der Waals surface area contributed by atoms with Gasteiger partial charge < -0.3 is 4.74 Å². The van der Waals surface area contributed by atoms with Gasteiger partial charge in [0.2, 0.25) is 0 Å². The molecule has 1 aliphatic rings. The number of rotatable bonds is 3. The third-order valence-electron chi connectivity index (χ3n) is 2.89. The van der Waals surface area contributed by atoms with Crippen LogP contribution >= 0.6 is 0 Å². The van der Waals surface area contributed by atoms with E-state index >= 15 is 0 Å². The lowest BCUT2D eigenvalue weighted by atomic mass is 9.87. The molecule has 0 aliphatic heterocycles. The van der Waals surface area contributed by atoms with Crippen LogP contribution in [-0.4, -0.2) is 11.1 Å². The minimum absolute atomic E-state index is 0.0915. The molecule has 1 aliphatic carbocycles. The number of nitrogens with zero attached hydrogens (tertiary/aromatic N) is 1. The average Bonchev–Trinajstić information content (AvgIpc) is 3.00. The number of hydrogen-bond donors (Lipinski definition) is 0. The van der Waals surface area contributed by atoms with E-state index in [0.29, 0.717) is 6.10 Å². The second-order valence-corrected chi connectivity index (χ2v) is 5.56. The third-order valence-corrected chi connectivity index (χ3v) is 2.89. The van der Waals surface area contributed by atoms with Crippen molar-refractivity contribution in [3.63, 3.8) is 0 Å². The van der Waals surface area contributed by atoms with E-state index in [1.807, 2.05) is 12.3 Å². The van der Waals surface area contributed by atoms with Gasteiger partial charge in [-0.3, -0.25) is 4.98 Å². The topological polar surface area (TPSA) is 22.1 Å². The molecule has 0 unspecified atom stereocenters. The Labute approximate surface area is 98.0 Å². The minimum Gasteiger partial charge on any atom is -0.490 e. The SMILES string of the molecule is CCc1c(OC2CC2)ccnc1C(C)(C)C. The molecule has 1 aromatic heterocycles. The van der Waals surface area contributed by atoms with Crippen molar-refractivity contribution in [1.82, 2.24) is 4.98 Å². The van der Waals surface area contributed by atoms with Crippen LogP contribution in [0.25, 0.3) is 0 Å². The summed E-state index contributed by atoms with van der Waals surface area (Å²) in [5.74, 6) is 1.05. The Balaban J connectivity index is 2.37. The first-order chi connectivity index (χ1) is 7.52. The second-order valence-electron chi connectivity index (χ2n) is 5.56. The zero-order valence-corrected chi connectivity index (χ0v) is 10.7. The van der Waals surface area contributed by atoms with E-state index in [1.165, 1.54) is 24.1 Å². The molecule has 0 N–H and O–H groups in total. The molecule has 1 aromatic rings. The molecule has 1 saturated carbocycles. The van der Waals surface area contributed by atoms with Crippen molar-refractivity contribution in [2.45, 2.75) is 58.5 Å². The number of pyridine rings is 1. The number of ether oxygens (including phenoxy) is 1. The molecule has 16 heavy (non-hydrogen) atoms. The first-order valence-electron chi connectivity index (χ1n) is 6.17. The molecule has 2 rings (SSSR count). The van der Waals surface area contributed by atoms with E-state index in [4.69, 9.17) is 4.74 Å². The van der Waals surface area contributed by atoms with Crippen molar-refractivity contribution < 1.29 is 4.74 Å². The molecular weight excluding hydrogens is 198 g/mol. The van der Waals surface area contributed by atoms with Crippen molar-refractivity contribution in [1.29, 1.82) is 0 Å². The van der Waals surface area contributed by atoms with Crippen molar-refractivity contribution in [2.75, 3.05) is 0 Å². The highest BCUT2D eigenvalue weighted by Gasteiger charge is 2.27. The van der Waals surface area contributed by atoms with Crippen LogP contribution in [-0.2, 0) is 11.8 Å². The summed E-state index contributed by atoms with van der Waals surface area (Å²) < 4.78 is 5.94. The van der Waals surface area contributed by atoms with Gasteiger partial charge in [-0.25, -0.2) is 0 Å². The van der Waals surface area contributed by atoms with Gasteiger partial charge in [0, 0.05) is 17.2 Å². The summed E-state index contributed by atoms with van der Waals surface area (Å²) in [5, 5.41) is 0. The first-order valence-corrected chi connectivity index (χ1v) is 6.17. The van der Waals surface area contributed by atoms with E-state index in [-0.39, 0.29) is 5.41 Å². The van der Waals surface area contributed by atoms with Crippen molar-refractivity contribution in [3.05, 3.63) is 23.5 Å². The van der Waals surface area contributed by atoms with Gasteiger partial charge in [-0.1, -0.05) is 27.7 Å². The lowest BCUT2D eigenvalue weighted by Gasteiger charge is -2.23. The maximum Gasteiger partial charge on any atom is 0.126 e. The van der Waals surface area contributed by atoms with E-state index in [0.717, 1.165) is 12.2 Å². The van der Waals surface area contributed by atoms with Crippen molar-refractivity contribution in [3.8, 4) is 5.75 Å². The summed E-state index contributed by atoms with van der Waals surface area (Å²) in [6.45, 7) is 8.78. The van der Waals surface area contributed by atoms with Crippen LogP contribution in [0.5, 0.6) is 5.75 Å². The molecule has 0 saturated heterocycles. The van der Waals surface area contributed by atoms with Gasteiger partial charge in [0.25, 0.3) is 0 Å². The van der Waals surface area contributed by atoms with E-state index in [2.05, 4.69) is 32.7 Å². The Hall–Kier alpha value is -1.05. The second kappa shape index (κ2) is 4.08. The predicted octanol–water partition coefficient (Wildman–Crippen LogP) is 3.48. The summed E-state index contributed by atoms with van der Waals surface area (Å²) in [4.78, 5) is 4.53. The maximum absolute atomic E-state index is 5.94. The normalized spacial score (nSPS) is 16.2. The van der Waals surface area contributed by atoms with Crippen molar-refractivity contribution in [2.24, 2.45) is 0 Å². The van der Waals surface area contributed by atoms with Gasteiger partial charge in [0.15, 0.2) is 0 Å². The predicted molar refractivity (Wildman–Crippen MR) is 66.0 cm³/mol. The lowest BCUT2D eigenvalue weighted by Crippen LogP contribution is -2.17. The fourth-order valence-corrected chi connectivity index (χ4v) is 1.94. The van der Waals surface area contributed by atoms with Crippen LogP contribution in [0.2, 0.25) is 0 Å². The van der Waals surface area contributed by atoms with Crippen LogP contribution in [0, 0.1) is 0 Å². The fraction of sp³-hybridized carbons (Fsp3) is 0.643. The molecule has 88 valence electrons. The summed E-state index contributed by atoms with van der Waals surface area (Å²) in [6, 6.07) is 2.01. The van der Waals surface area contributed by atoms with E-state index in [9.17, 15) is 0 Å². The molecule has 0 aromatic carbocycles.